The van der Waals surface area contributed by atoms with E-state index in [9.17, 15) is 4.79 Å². The highest BCUT2D eigenvalue weighted by Gasteiger charge is 2.13. The molecule has 1 aromatic carbocycles. The minimum atomic E-state index is -0.198. The molecule has 8 nitrogen and oxygen atoms in total. The number of aromatic nitrogens is 4. The van der Waals surface area contributed by atoms with Gasteiger partial charge in [0, 0.05) is 23.4 Å². The van der Waals surface area contributed by atoms with Gasteiger partial charge in [0.15, 0.2) is 5.82 Å². The zero-order valence-electron chi connectivity index (χ0n) is 15.2. The quantitative estimate of drug-likeness (QED) is 0.709. The summed E-state index contributed by atoms with van der Waals surface area (Å²) in [6.45, 7) is 3.94. The average Bonchev–Trinajstić information content (AvgIpc) is 3.20. The highest BCUT2D eigenvalue weighted by atomic mass is 16.5. The van der Waals surface area contributed by atoms with Crippen molar-refractivity contribution in [3.05, 3.63) is 41.7 Å². The van der Waals surface area contributed by atoms with Crippen molar-refractivity contribution in [3.63, 3.8) is 0 Å². The molecule has 0 fully saturated rings. The van der Waals surface area contributed by atoms with Gasteiger partial charge in [-0.15, -0.1) is 0 Å². The van der Waals surface area contributed by atoms with Crippen molar-refractivity contribution >= 4 is 11.7 Å². The molecular formula is C18H21N5O3. The number of aryl methyl sites for hydroxylation is 2. The fourth-order valence-corrected chi connectivity index (χ4v) is 2.70. The lowest BCUT2D eigenvalue weighted by molar-refractivity contribution is -0.117. The van der Waals surface area contributed by atoms with E-state index in [-0.39, 0.29) is 12.5 Å². The van der Waals surface area contributed by atoms with Gasteiger partial charge < -0.3 is 14.8 Å². The van der Waals surface area contributed by atoms with Gasteiger partial charge in [-0.25, -0.2) is 0 Å². The van der Waals surface area contributed by atoms with Gasteiger partial charge in [0.1, 0.15) is 18.0 Å². The molecule has 0 bridgehead atoms. The summed E-state index contributed by atoms with van der Waals surface area (Å²) in [5.41, 5.74) is 3.36. The Morgan fingerprint density at radius 1 is 1.19 bits per heavy atom. The van der Waals surface area contributed by atoms with Crippen molar-refractivity contribution in [2.45, 2.75) is 20.4 Å². The number of ether oxygens (including phenoxy) is 2. The van der Waals surface area contributed by atoms with Crippen LogP contribution in [0.25, 0.3) is 11.3 Å². The zero-order valence-corrected chi connectivity index (χ0v) is 15.2. The van der Waals surface area contributed by atoms with Crippen LogP contribution in [0.5, 0.6) is 11.5 Å². The van der Waals surface area contributed by atoms with E-state index in [1.54, 1.807) is 31.0 Å². The van der Waals surface area contributed by atoms with E-state index in [1.165, 1.54) is 0 Å². The maximum absolute atomic E-state index is 12.2. The number of anilines is 1. The molecule has 2 aromatic heterocycles. The second kappa shape index (κ2) is 7.30. The Hall–Kier alpha value is -3.29. The first-order chi connectivity index (χ1) is 12.5. The molecular weight excluding hydrogens is 334 g/mol. The van der Waals surface area contributed by atoms with Crippen LogP contribution in [0.15, 0.2) is 30.3 Å². The highest BCUT2D eigenvalue weighted by molar-refractivity contribution is 5.90. The van der Waals surface area contributed by atoms with Crippen LogP contribution in [-0.4, -0.2) is 40.1 Å². The third kappa shape index (κ3) is 3.69. The molecule has 2 N–H and O–H groups in total. The fourth-order valence-electron chi connectivity index (χ4n) is 2.70. The van der Waals surface area contributed by atoms with Crippen LogP contribution in [0.4, 0.5) is 5.82 Å². The molecule has 0 saturated carbocycles. The van der Waals surface area contributed by atoms with Crippen molar-refractivity contribution in [2.24, 2.45) is 0 Å². The molecule has 136 valence electrons. The lowest BCUT2D eigenvalue weighted by Gasteiger charge is -2.08. The number of carbonyl (C=O) groups excluding carboxylic acids is 1. The predicted octanol–water partition coefficient (Wildman–Crippen LogP) is 2.55. The molecule has 0 spiro atoms. The van der Waals surface area contributed by atoms with Gasteiger partial charge in [-0.3, -0.25) is 14.6 Å². The maximum Gasteiger partial charge on any atom is 0.247 e. The van der Waals surface area contributed by atoms with E-state index < -0.39 is 0 Å². The van der Waals surface area contributed by atoms with E-state index in [4.69, 9.17) is 9.47 Å². The van der Waals surface area contributed by atoms with Crippen LogP contribution in [0.2, 0.25) is 0 Å². The number of aromatic amines is 1. The minimum absolute atomic E-state index is 0.133. The lowest BCUT2D eigenvalue weighted by Crippen LogP contribution is -2.20. The summed E-state index contributed by atoms with van der Waals surface area (Å²) in [6.07, 6.45) is 0. The van der Waals surface area contributed by atoms with Gasteiger partial charge in [-0.1, -0.05) is 0 Å². The van der Waals surface area contributed by atoms with E-state index in [1.807, 2.05) is 32.0 Å². The molecule has 0 saturated heterocycles. The summed E-state index contributed by atoms with van der Waals surface area (Å²) in [4.78, 5) is 12.2. The average molecular weight is 355 g/mol. The monoisotopic (exact) mass is 355 g/mol. The normalized spacial score (nSPS) is 10.6. The highest BCUT2D eigenvalue weighted by Crippen LogP contribution is 2.33. The Bertz CT molecular complexity index is 929. The molecule has 0 aliphatic carbocycles. The third-order valence-electron chi connectivity index (χ3n) is 3.94. The molecule has 2 heterocycles. The molecule has 1 amide bonds. The zero-order chi connectivity index (χ0) is 18.7. The van der Waals surface area contributed by atoms with Crippen LogP contribution < -0.4 is 14.8 Å². The van der Waals surface area contributed by atoms with Gasteiger partial charge in [0.25, 0.3) is 0 Å². The molecule has 0 unspecified atom stereocenters. The number of carbonyl (C=O) groups is 1. The first-order valence-corrected chi connectivity index (χ1v) is 8.09. The molecule has 0 aliphatic rings. The molecule has 0 atom stereocenters. The van der Waals surface area contributed by atoms with Crippen LogP contribution in [0.1, 0.15) is 11.4 Å². The van der Waals surface area contributed by atoms with Crippen LogP contribution in [0, 0.1) is 13.8 Å². The minimum Gasteiger partial charge on any atom is -0.497 e. The van der Waals surface area contributed by atoms with Crippen molar-refractivity contribution in [1.29, 1.82) is 0 Å². The Labute approximate surface area is 151 Å². The maximum atomic E-state index is 12.2. The number of nitrogens with zero attached hydrogens (tertiary/aromatic N) is 3. The van der Waals surface area contributed by atoms with Gasteiger partial charge in [-0.05, 0) is 32.0 Å². The van der Waals surface area contributed by atoms with E-state index in [0.717, 1.165) is 22.6 Å². The molecule has 8 heteroatoms. The number of rotatable bonds is 6. The number of hydrogen-bond donors (Lipinski definition) is 2. The number of amides is 1. The van der Waals surface area contributed by atoms with Crippen molar-refractivity contribution < 1.29 is 14.3 Å². The third-order valence-corrected chi connectivity index (χ3v) is 3.94. The summed E-state index contributed by atoms with van der Waals surface area (Å²) >= 11 is 0. The number of nitrogens with one attached hydrogen (secondary N) is 2. The van der Waals surface area contributed by atoms with Gasteiger partial charge in [-0.2, -0.15) is 10.2 Å². The van der Waals surface area contributed by atoms with Crippen LogP contribution in [0.3, 0.4) is 0 Å². The Morgan fingerprint density at radius 2 is 2.00 bits per heavy atom. The number of methoxy groups -OCH3 is 2. The SMILES string of the molecule is COc1ccc(-c2cc(NC(=O)Cn3nc(C)cc3C)n[nH]2)c(OC)c1. The topological polar surface area (TPSA) is 94.1 Å². The first kappa shape index (κ1) is 17.5. The number of benzene rings is 1. The summed E-state index contributed by atoms with van der Waals surface area (Å²) < 4.78 is 12.3. The van der Waals surface area contributed by atoms with E-state index in [2.05, 4.69) is 20.6 Å². The number of H-pyrrole nitrogens is 1. The second-order valence-electron chi connectivity index (χ2n) is 5.87. The Balaban J connectivity index is 1.74. The van der Waals surface area contributed by atoms with Gasteiger partial charge in [0.2, 0.25) is 5.91 Å². The van der Waals surface area contributed by atoms with Crippen LogP contribution in [-0.2, 0) is 11.3 Å². The summed E-state index contributed by atoms with van der Waals surface area (Å²) in [7, 11) is 3.19. The second-order valence-corrected chi connectivity index (χ2v) is 5.87. The van der Waals surface area contributed by atoms with E-state index in [0.29, 0.717) is 17.3 Å². The molecule has 3 aromatic rings. The largest absolute Gasteiger partial charge is 0.497 e. The van der Waals surface area contributed by atoms with Crippen molar-refractivity contribution in [3.8, 4) is 22.8 Å². The summed E-state index contributed by atoms with van der Waals surface area (Å²) in [5, 5.41) is 14.1. The molecule has 0 aliphatic heterocycles. The Kier molecular flexibility index (Phi) is 4.92. The smallest absolute Gasteiger partial charge is 0.247 e. The van der Waals surface area contributed by atoms with Crippen molar-refractivity contribution in [2.75, 3.05) is 19.5 Å². The van der Waals surface area contributed by atoms with Gasteiger partial charge in [0.05, 0.1) is 25.6 Å². The molecule has 26 heavy (non-hydrogen) atoms. The fraction of sp³-hybridized carbons (Fsp3) is 0.278. The molecule has 3 rings (SSSR count). The number of hydrogen-bond acceptors (Lipinski definition) is 5. The van der Waals surface area contributed by atoms with Crippen LogP contribution >= 0.6 is 0 Å². The Morgan fingerprint density at radius 3 is 2.65 bits per heavy atom. The standard InChI is InChI=1S/C18H21N5O3/c1-11-7-12(2)23(22-11)10-18(24)19-17-9-15(20-21-17)14-6-5-13(25-3)8-16(14)26-4/h5-9H,10H2,1-4H3,(H2,19,20,21,24). The van der Waals surface area contributed by atoms with Crippen molar-refractivity contribution in [1.82, 2.24) is 20.0 Å². The summed E-state index contributed by atoms with van der Waals surface area (Å²) in [5.74, 6) is 1.58. The summed E-state index contributed by atoms with van der Waals surface area (Å²) in [6, 6.07) is 9.17. The lowest BCUT2D eigenvalue weighted by atomic mass is 10.1. The first-order valence-electron chi connectivity index (χ1n) is 8.09. The molecule has 0 radical (unpaired) electrons. The predicted molar refractivity (Wildman–Crippen MR) is 97.5 cm³/mol. The van der Waals surface area contributed by atoms with E-state index >= 15 is 0 Å². The van der Waals surface area contributed by atoms with Gasteiger partial charge >= 0.3 is 0 Å².